The molecule has 0 radical (unpaired) electrons. The highest BCUT2D eigenvalue weighted by Crippen LogP contribution is 2.27. The van der Waals surface area contributed by atoms with Crippen LogP contribution in [0.5, 0.6) is 0 Å². The maximum Gasteiger partial charge on any atom is 0.354 e. The van der Waals surface area contributed by atoms with Crippen LogP contribution in [0.15, 0.2) is 18.2 Å². The number of imidazole rings is 1. The van der Waals surface area contributed by atoms with Gasteiger partial charge in [0, 0.05) is 12.6 Å². The smallest absolute Gasteiger partial charge is 0.354 e. The minimum absolute atomic E-state index is 0.237. The monoisotopic (exact) mass is 244 g/mol. The van der Waals surface area contributed by atoms with Crippen LogP contribution in [0.4, 0.5) is 0 Å². The maximum atomic E-state index is 11.4. The number of hydrogen-bond acceptors (Lipinski definition) is 2. The summed E-state index contributed by atoms with van der Waals surface area (Å²) >= 11 is 0. The number of aryl methyl sites for hydroxylation is 3. The van der Waals surface area contributed by atoms with Gasteiger partial charge >= 0.3 is 5.97 Å². The normalized spacial score (nSPS) is 10.7. The largest absolute Gasteiger partial charge is 0.477 e. The van der Waals surface area contributed by atoms with E-state index in [9.17, 15) is 9.90 Å². The Balaban J connectivity index is 2.75. The van der Waals surface area contributed by atoms with Crippen LogP contribution in [-0.4, -0.2) is 20.6 Å². The third-order valence-electron chi connectivity index (χ3n) is 3.17. The van der Waals surface area contributed by atoms with Crippen LogP contribution in [-0.2, 0) is 7.05 Å². The number of aromatic carboxylic acids is 1. The Hall–Kier alpha value is -2.10. The fraction of sp³-hybridized carbons (Fsp3) is 0.286. The Morgan fingerprint density at radius 3 is 2.56 bits per heavy atom. The van der Waals surface area contributed by atoms with E-state index in [2.05, 4.69) is 4.98 Å². The van der Waals surface area contributed by atoms with Gasteiger partial charge in [0.1, 0.15) is 11.5 Å². The first-order valence-corrected chi connectivity index (χ1v) is 5.76. The van der Waals surface area contributed by atoms with Crippen molar-refractivity contribution in [3.63, 3.8) is 0 Å². The van der Waals surface area contributed by atoms with Gasteiger partial charge in [-0.2, -0.15) is 0 Å². The fourth-order valence-corrected chi connectivity index (χ4v) is 2.03. The van der Waals surface area contributed by atoms with Gasteiger partial charge < -0.3 is 9.67 Å². The molecule has 0 aliphatic rings. The molecule has 1 aromatic carbocycles. The van der Waals surface area contributed by atoms with E-state index in [-0.39, 0.29) is 5.69 Å². The average Bonchev–Trinajstić information content (AvgIpc) is 2.59. The highest BCUT2D eigenvalue weighted by atomic mass is 16.4. The highest BCUT2D eigenvalue weighted by molar-refractivity contribution is 5.93. The molecule has 0 bridgehead atoms. The van der Waals surface area contributed by atoms with Gasteiger partial charge in [-0.25, -0.2) is 9.78 Å². The van der Waals surface area contributed by atoms with E-state index in [4.69, 9.17) is 0 Å². The molecule has 0 unspecified atom stereocenters. The van der Waals surface area contributed by atoms with E-state index in [1.807, 2.05) is 32.0 Å². The van der Waals surface area contributed by atoms with E-state index in [1.165, 1.54) is 0 Å². The van der Waals surface area contributed by atoms with Gasteiger partial charge in [0.15, 0.2) is 5.69 Å². The number of hydrogen-bond donors (Lipinski definition) is 1. The molecule has 18 heavy (non-hydrogen) atoms. The van der Waals surface area contributed by atoms with Crippen molar-refractivity contribution in [3.05, 3.63) is 40.8 Å². The Labute approximate surface area is 106 Å². The molecular formula is C14H16N2O2. The topological polar surface area (TPSA) is 55.1 Å². The van der Waals surface area contributed by atoms with Gasteiger partial charge in [-0.1, -0.05) is 17.7 Å². The van der Waals surface area contributed by atoms with Gasteiger partial charge in [-0.3, -0.25) is 0 Å². The molecule has 0 fully saturated rings. The zero-order valence-electron chi connectivity index (χ0n) is 11.0. The lowest BCUT2D eigenvalue weighted by Gasteiger charge is -2.06. The van der Waals surface area contributed by atoms with Crippen LogP contribution in [0.2, 0.25) is 0 Å². The van der Waals surface area contributed by atoms with Gasteiger partial charge in [-0.15, -0.1) is 0 Å². The maximum absolute atomic E-state index is 11.4. The molecule has 0 amide bonds. The first-order valence-electron chi connectivity index (χ1n) is 5.76. The van der Waals surface area contributed by atoms with Crippen LogP contribution in [0, 0.1) is 20.8 Å². The van der Waals surface area contributed by atoms with Crippen LogP contribution in [0.3, 0.4) is 0 Å². The lowest BCUT2D eigenvalue weighted by atomic mass is 10.0. The zero-order chi connectivity index (χ0) is 13.4. The third-order valence-corrected chi connectivity index (χ3v) is 3.17. The second-order valence-corrected chi connectivity index (χ2v) is 4.54. The molecule has 1 N–H and O–H groups in total. The predicted molar refractivity (Wildman–Crippen MR) is 69.8 cm³/mol. The molecule has 0 aliphatic carbocycles. The van der Waals surface area contributed by atoms with E-state index in [0.717, 1.165) is 16.7 Å². The lowest BCUT2D eigenvalue weighted by molar-refractivity contribution is 0.0687. The van der Waals surface area contributed by atoms with Crippen molar-refractivity contribution < 1.29 is 9.90 Å². The molecule has 2 aromatic rings. The van der Waals surface area contributed by atoms with Crippen molar-refractivity contribution in [2.24, 2.45) is 7.05 Å². The summed E-state index contributed by atoms with van der Waals surface area (Å²) in [7, 11) is 1.72. The number of benzene rings is 1. The summed E-state index contributed by atoms with van der Waals surface area (Å²) in [5.74, 6) is -0.252. The predicted octanol–water partition coefficient (Wildman–Crippen LogP) is 2.71. The second-order valence-electron chi connectivity index (χ2n) is 4.54. The van der Waals surface area contributed by atoms with Gasteiger partial charge in [-0.05, 0) is 32.4 Å². The molecule has 0 aliphatic heterocycles. The van der Waals surface area contributed by atoms with Crippen LogP contribution in [0.1, 0.15) is 27.4 Å². The molecule has 4 heteroatoms. The number of carboxylic acid groups (broad SMARTS) is 1. The Morgan fingerprint density at radius 2 is 1.94 bits per heavy atom. The van der Waals surface area contributed by atoms with Crippen molar-refractivity contribution >= 4 is 5.97 Å². The van der Waals surface area contributed by atoms with Crippen molar-refractivity contribution in [2.45, 2.75) is 20.8 Å². The summed E-state index contributed by atoms with van der Waals surface area (Å²) in [5, 5.41) is 9.32. The van der Waals surface area contributed by atoms with Crippen LogP contribution in [0.25, 0.3) is 11.3 Å². The molecule has 1 heterocycles. The minimum Gasteiger partial charge on any atom is -0.477 e. The van der Waals surface area contributed by atoms with Gasteiger partial charge in [0.05, 0.1) is 0 Å². The molecule has 1 aromatic heterocycles. The molecule has 0 saturated heterocycles. The lowest BCUT2D eigenvalue weighted by Crippen LogP contribution is -2.07. The Kier molecular flexibility index (Phi) is 2.95. The van der Waals surface area contributed by atoms with Crippen molar-refractivity contribution in [1.82, 2.24) is 9.55 Å². The molecular weight excluding hydrogens is 228 g/mol. The average molecular weight is 244 g/mol. The van der Waals surface area contributed by atoms with E-state index >= 15 is 0 Å². The Morgan fingerprint density at radius 1 is 1.28 bits per heavy atom. The van der Waals surface area contributed by atoms with E-state index in [0.29, 0.717) is 11.5 Å². The summed E-state index contributed by atoms with van der Waals surface area (Å²) in [6, 6.07) is 5.97. The molecule has 4 nitrogen and oxygen atoms in total. The van der Waals surface area contributed by atoms with Gasteiger partial charge in [0.25, 0.3) is 0 Å². The fourth-order valence-electron chi connectivity index (χ4n) is 2.03. The van der Waals surface area contributed by atoms with E-state index < -0.39 is 5.97 Å². The minimum atomic E-state index is -0.950. The molecule has 0 saturated carbocycles. The van der Waals surface area contributed by atoms with Crippen molar-refractivity contribution in [2.75, 3.05) is 0 Å². The zero-order valence-corrected chi connectivity index (χ0v) is 11.0. The summed E-state index contributed by atoms with van der Waals surface area (Å²) in [5.41, 5.74) is 3.79. The third kappa shape index (κ3) is 1.90. The van der Waals surface area contributed by atoms with Crippen LogP contribution >= 0.6 is 0 Å². The Bertz CT molecular complexity index is 627. The molecule has 0 spiro atoms. The van der Waals surface area contributed by atoms with E-state index in [1.54, 1.807) is 18.5 Å². The van der Waals surface area contributed by atoms with Crippen molar-refractivity contribution in [1.29, 1.82) is 0 Å². The first kappa shape index (κ1) is 12.4. The van der Waals surface area contributed by atoms with Crippen molar-refractivity contribution in [3.8, 4) is 11.3 Å². The molecule has 94 valence electrons. The molecule has 0 atom stereocenters. The summed E-state index contributed by atoms with van der Waals surface area (Å²) in [6.45, 7) is 5.75. The van der Waals surface area contributed by atoms with Crippen LogP contribution < -0.4 is 0 Å². The number of carboxylic acids is 1. The summed E-state index contributed by atoms with van der Waals surface area (Å²) in [4.78, 5) is 15.8. The number of carbonyl (C=O) groups is 1. The highest BCUT2D eigenvalue weighted by Gasteiger charge is 2.21. The summed E-state index contributed by atoms with van der Waals surface area (Å²) < 4.78 is 1.61. The van der Waals surface area contributed by atoms with Gasteiger partial charge in [0.2, 0.25) is 0 Å². The second kappa shape index (κ2) is 4.29. The summed E-state index contributed by atoms with van der Waals surface area (Å²) in [6.07, 6.45) is 0. The SMILES string of the molecule is Cc1ccc(C)c(-c2nc(C)n(C)c2C(=O)O)c1. The number of nitrogens with zero attached hydrogens (tertiary/aromatic N) is 2. The standard InChI is InChI=1S/C14H16N2O2/c1-8-5-6-9(2)11(7-8)12-13(14(17)18)16(4)10(3)15-12/h5-7H,1-4H3,(H,17,18). The quantitative estimate of drug-likeness (QED) is 0.883. The number of aromatic nitrogens is 2. The number of rotatable bonds is 2. The molecule has 2 rings (SSSR count). The first-order chi connectivity index (χ1) is 8.41.